The van der Waals surface area contributed by atoms with E-state index in [2.05, 4.69) is 12.2 Å². The second-order valence-electron chi connectivity index (χ2n) is 10.2. The monoisotopic (exact) mass is 515 g/mol. The van der Waals surface area contributed by atoms with Crippen LogP contribution in [0.2, 0.25) is 0 Å². The van der Waals surface area contributed by atoms with Gasteiger partial charge in [-0.3, -0.25) is 14.4 Å². The largest absolute Gasteiger partial charge is 0.379 e. The number of Topliss-reactive ketones (excluding diaryl/α,β-unsaturated/α-hetero) is 2. The lowest BCUT2D eigenvalue weighted by Crippen LogP contribution is -2.27. The van der Waals surface area contributed by atoms with Crippen LogP contribution in [0.15, 0.2) is 0 Å². The molecule has 0 bridgehead atoms. The number of nitrogens with one attached hydrogen (secondary N) is 1. The van der Waals surface area contributed by atoms with E-state index in [1.807, 2.05) is 20.8 Å². The standard InChI is InChI=1S/C28H53NO7/c1-5-6-7-8-9-10-11-12-15-27(32)29-16-18-34-20-21-35-23-25(30)14-13-17-33-19-22-36-24-26(31)28(2,3)4/h5-24H2,1-4H3,(H,29,32). The van der Waals surface area contributed by atoms with E-state index in [9.17, 15) is 14.4 Å². The molecule has 0 aliphatic heterocycles. The lowest BCUT2D eigenvalue weighted by Gasteiger charge is -2.16. The summed E-state index contributed by atoms with van der Waals surface area (Å²) in [6.45, 7) is 10.9. The van der Waals surface area contributed by atoms with Crippen LogP contribution in [-0.4, -0.2) is 76.9 Å². The van der Waals surface area contributed by atoms with Gasteiger partial charge < -0.3 is 24.3 Å². The highest BCUT2D eigenvalue weighted by atomic mass is 16.5. The first-order valence-electron chi connectivity index (χ1n) is 13.9. The van der Waals surface area contributed by atoms with Crippen LogP contribution in [-0.2, 0) is 33.3 Å². The van der Waals surface area contributed by atoms with Gasteiger partial charge in [-0.05, 0) is 12.8 Å². The highest BCUT2D eigenvalue weighted by Crippen LogP contribution is 2.14. The van der Waals surface area contributed by atoms with Crippen molar-refractivity contribution < 1.29 is 33.3 Å². The van der Waals surface area contributed by atoms with Gasteiger partial charge in [-0.25, -0.2) is 0 Å². The summed E-state index contributed by atoms with van der Waals surface area (Å²) in [7, 11) is 0. The zero-order valence-electron chi connectivity index (χ0n) is 23.5. The van der Waals surface area contributed by atoms with Gasteiger partial charge in [0.1, 0.15) is 13.2 Å². The van der Waals surface area contributed by atoms with E-state index in [0.29, 0.717) is 65.4 Å². The van der Waals surface area contributed by atoms with E-state index in [-0.39, 0.29) is 36.1 Å². The van der Waals surface area contributed by atoms with Gasteiger partial charge in [-0.1, -0.05) is 72.6 Å². The molecule has 0 aliphatic rings. The molecule has 0 atom stereocenters. The molecule has 0 unspecified atom stereocenters. The molecule has 0 fully saturated rings. The summed E-state index contributed by atoms with van der Waals surface area (Å²) >= 11 is 0. The second-order valence-corrected chi connectivity index (χ2v) is 10.2. The Morgan fingerprint density at radius 3 is 1.81 bits per heavy atom. The summed E-state index contributed by atoms with van der Waals surface area (Å²) in [5.41, 5.74) is -0.390. The highest BCUT2D eigenvalue weighted by molar-refractivity contribution is 5.84. The van der Waals surface area contributed by atoms with Crippen molar-refractivity contribution in [1.82, 2.24) is 5.32 Å². The van der Waals surface area contributed by atoms with Crippen molar-refractivity contribution >= 4 is 17.5 Å². The van der Waals surface area contributed by atoms with Crippen molar-refractivity contribution in [2.75, 3.05) is 59.4 Å². The zero-order valence-corrected chi connectivity index (χ0v) is 23.5. The van der Waals surface area contributed by atoms with Gasteiger partial charge >= 0.3 is 0 Å². The number of hydrogen-bond acceptors (Lipinski definition) is 7. The third-order valence-electron chi connectivity index (χ3n) is 5.65. The van der Waals surface area contributed by atoms with Crippen LogP contribution in [0.25, 0.3) is 0 Å². The molecule has 0 aromatic carbocycles. The van der Waals surface area contributed by atoms with E-state index in [1.165, 1.54) is 38.5 Å². The number of carbonyl (C=O) groups is 3. The Morgan fingerprint density at radius 1 is 0.611 bits per heavy atom. The summed E-state index contributed by atoms with van der Waals surface area (Å²) in [5, 5.41) is 2.87. The first kappa shape index (κ1) is 34.6. The fourth-order valence-corrected chi connectivity index (χ4v) is 3.22. The van der Waals surface area contributed by atoms with E-state index in [1.54, 1.807) is 0 Å². The Hall–Kier alpha value is -1.35. The molecule has 0 aromatic heterocycles. The van der Waals surface area contributed by atoms with Gasteiger partial charge in [0, 0.05) is 31.4 Å². The topological polar surface area (TPSA) is 100 Å². The fraction of sp³-hybridized carbons (Fsp3) is 0.893. The Labute approximate surface area is 219 Å². The SMILES string of the molecule is CCCCCCCCCCC(=O)NCCOCCOCC(=O)CCCOCCOCC(=O)C(C)(C)C. The van der Waals surface area contributed by atoms with Gasteiger partial charge in [-0.2, -0.15) is 0 Å². The van der Waals surface area contributed by atoms with Crippen LogP contribution >= 0.6 is 0 Å². The minimum atomic E-state index is -0.390. The average molecular weight is 516 g/mol. The molecule has 0 heterocycles. The fourth-order valence-electron chi connectivity index (χ4n) is 3.22. The smallest absolute Gasteiger partial charge is 0.220 e. The maximum atomic E-state index is 11.8. The summed E-state index contributed by atoms with van der Waals surface area (Å²) in [6.07, 6.45) is 11.4. The number of rotatable bonds is 26. The molecule has 0 radical (unpaired) electrons. The van der Waals surface area contributed by atoms with E-state index < -0.39 is 0 Å². The molecule has 0 saturated heterocycles. The molecule has 0 saturated carbocycles. The molecular formula is C28H53NO7. The van der Waals surface area contributed by atoms with Crippen molar-refractivity contribution in [2.45, 2.75) is 98.3 Å². The van der Waals surface area contributed by atoms with Crippen molar-refractivity contribution in [3.8, 4) is 0 Å². The summed E-state index contributed by atoms with van der Waals surface area (Å²) in [5.74, 6) is 0.173. The number of ketones is 2. The van der Waals surface area contributed by atoms with Crippen LogP contribution < -0.4 is 5.32 Å². The van der Waals surface area contributed by atoms with Crippen molar-refractivity contribution in [3.05, 3.63) is 0 Å². The molecule has 0 aliphatic carbocycles. The Bertz CT molecular complexity index is 561. The number of unbranched alkanes of at least 4 members (excludes halogenated alkanes) is 7. The third-order valence-corrected chi connectivity index (χ3v) is 5.65. The van der Waals surface area contributed by atoms with E-state index in [4.69, 9.17) is 18.9 Å². The molecule has 0 aromatic rings. The number of ether oxygens (including phenoxy) is 4. The van der Waals surface area contributed by atoms with Crippen LogP contribution in [0.1, 0.15) is 98.3 Å². The first-order valence-corrected chi connectivity index (χ1v) is 13.9. The van der Waals surface area contributed by atoms with Crippen LogP contribution in [0.5, 0.6) is 0 Å². The van der Waals surface area contributed by atoms with E-state index in [0.717, 1.165) is 12.8 Å². The summed E-state index contributed by atoms with van der Waals surface area (Å²) < 4.78 is 21.5. The number of amides is 1. The van der Waals surface area contributed by atoms with Gasteiger partial charge in [0.05, 0.1) is 33.0 Å². The van der Waals surface area contributed by atoms with Crippen molar-refractivity contribution in [3.63, 3.8) is 0 Å². The predicted octanol–water partition coefficient (Wildman–Crippen LogP) is 4.66. The molecule has 1 amide bonds. The molecule has 1 N–H and O–H groups in total. The lowest BCUT2D eigenvalue weighted by molar-refractivity contribution is -0.131. The Balaban J connectivity index is 3.34. The van der Waals surface area contributed by atoms with Gasteiger partial charge in [0.15, 0.2) is 11.6 Å². The van der Waals surface area contributed by atoms with Crippen LogP contribution in [0.3, 0.4) is 0 Å². The molecular weight excluding hydrogens is 462 g/mol. The second kappa shape index (κ2) is 24.0. The first-order chi connectivity index (χ1) is 17.3. The zero-order chi connectivity index (χ0) is 26.9. The molecule has 36 heavy (non-hydrogen) atoms. The quantitative estimate of drug-likeness (QED) is 0.167. The highest BCUT2D eigenvalue weighted by Gasteiger charge is 2.20. The molecule has 8 nitrogen and oxygen atoms in total. The van der Waals surface area contributed by atoms with Crippen molar-refractivity contribution in [1.29, 1.82) is 0 Å². The van der Waals surface area contributed by atoms with E-state index >= 15 is 0 Å². The van der Waals surface area contributed by atoms with Crippen LogP contribution in [0, 0.1) is 5.41 Å². The molecule has 212 valence electrons. The van der Waals surface area contributed by atoms with Gasteiger partial charge in [0.2, 0.25) is 5.91 Å². The van der Waals surface area contributed by atoms with Gasteiger partial charge in [-0.15, -0.1) is 0 Å². The maximum Gasteiger partial charge on any atom is 0.220 e. The summed E-state index contributed by atoms with van der Waals surface area (Å²) in [6, 6.07) is 0. The molecule has 0 rings (SSSR count). The lowest BCUT2D eigenvalue weighted by atomic mass is 9.91. The molecule has 0 spiro atoms. The minimum absolute atomic E-state index is 0.0267. The normalized spacial score (nSPS) is 11.6. The third kappa shape index (κ3) is 24.3. The maximum absolute atomic E-state index is 11.8. The summed E-state index contributed by atoms with van der Waals surface area (Å²) in [4.78, 5) is 35.3. The Morgan fingerprint density at radius 2 is 1.17 bits per heavy atom. The molecule has 8 heteroatoms. The number of carbonyl (C=O) groups excluding carboxylic acids is 3. The predicted molar refractivity (Wildman–Crippen MR) is 142 cm³/mol. The van der Waals surface area contributed by atoms with Gasteiger partial charge in [0.25, 0.3) is 0 Å². The Kier molecular flexibility index (Phi) is 23.1. The minimum Gasteiger partial charge on any atom is -0.379 e. The average Bonchev–Trinajstić information content (AvgIpc) is 2.83. The number of hydrogen-bond donors (Lipinski definition) is 1. The van der Waals surface area contributed by atoms with Crippen molar-refractivity contribution in [2.24, 2.45) is 5.41 Å². The van der Waals surface area contributed by atoms with Crippen LogP contribution in [0.4, 0.5) is 0 Å².